The topological polar surface area (TPSA) is 153 Å². The molecular formula is C18H29N4O7PS. The summed E-state index contributed by atoms with van der Waals surface area (Å²) in [6.07, 6.45) is -0.992. The first-order valence-electron chi connectivity index (χ1n) is 9.60. The first kappa shape index (κ1) is 25.4. The maximum atomic E-state index is 12.6. The van der Waals surface area contributed by atoms with Crippen molar-refractivity contribution in [2.45, 2.75) is 46.1 Å². The van der Waals surface area contributed by atoms with Crippen LogP contribution in [-0.2, 0) is 32.6 Å². The second-order valence-corrected chi connectivity index (χ2v) is 10.4. The van der Waals surface area contributed by atoms with Crippen LogP contribution in [0.1, 0.15) is 50.6 Å². The van der Waals surface area contributed by atoms with E-state index in [0.717, 1.165) is 5.69 Å². The molecule has 1 fully saturated rings. The van der Waals surface area contributed by atoms with E-state index in [1.54, 1.807) is 19.4 Å². The van der Waals surface area contributed by atoms with E-state index in [2.05, 4.69) is 15.0 Å². The molecule has 13 heteroatoms. The van der Waals surface area contributed by atoms with E-state index in [1.165, 1.54) is 18.4 Å². The highest BCUT2D eigenvalue weighted by Crippen LogP contribution is 2.57. The van der Waals surface area contributed by atoms with Gasteiger partial charge in [-0.2, -0.15) is 0 Å². The molecule has 1 aromatic heterocycles. The van der Waals surface area contributed by atoms with E-state index in [0.29, 0.717) is 4.88 Å². The van der Waals surface area contributed by atoms with Gasteiger partial charge in [0.25, 0.3) is 0 Å². The molecule has 0 aliphatic carbocycles. The average Bonchev–Trinajstić information content (AvgIpc) is 3.20. The lowest BCUT2D eigenvalue weighted by atomic mass is 9.87. The van der Waals surface area contributed by atoms with Crippen LogP contribution in [0, 0.1) is 16.0 Å². The van der Waals surface area contributed by atoms with Crippen molar-refractivity contribution in [3.8, 4) is 0 Å². The summed E-state index contributed by atoms with van der Waals surface area (Å²) < 4.78 is 26.3. The zero-order valence-electron chi connectivity index (χ0n) is 18.2. The Bertz CT molecular complexity index is 858. The number of esters is 1. The zero-order chi connectivity index (χ0) is 23.2. The number of carbonyl (C=O) groups is 2. The third-order valence-corrected chi connectivity index (χ3v) is 6.67. The second kappa shape index (κ2) is 10.6. The molecule has 1 aromatic rings. The van der Waals surface area contributed by atoms with Gasteiger partial charge in [0, 0.05) is 12.0 Å². The Kier molecular flexibility index (Phi) is 8.73. The molecule has 0 aromatic carbocycles. The molecule has 2 atom stereocenters. The quantitative estimate of drug-likeness (QED) is 0.161. The van der Waals surface area contributed by atoms with Gasteiger partial charge in [-0.25, -0.2) is 10.1 Å². The number of aromatic nitrogens is 1. The number of nitrogens with zero attached hydrogens (tertiary/aromatic N) is 1. The number of nitrogens with one attached hydrogen (secondary N) is 3. The summed E-state index contributed by atoms with van der Waals surface area (Å²) in [5.41, 5.74) is 1.67. The van der Waals surface area contributed by atoms with Gasteiger partial charge in [-0.15, -0.1) is 11.3 Å². The Morgan fingerprint density at radius 3 is 2.81 bits per heavy atom. The van der Waals surface area contributed by atoms with Gasteiger partial charge < -0.3 is 19.3 Å². The van der Waals surface area contributed by atoms with Crippen LogP contribution in [0.4, 0.5) is 0 Å². The number of amides is 1. The normalized spacial score (nSPS) is 22.7. The minimum Gasteiger partial charge on any atom is -0.469 e. The molecule has 0 unspecified atom stereocenters. The van der Waals surface area contributed by atoms with Crippen LogP contribution in [0.2, 0.25) is 0 Å². The third kappa shape index (κ3) is 6.81. The lowest BCUT2D eigenvalue weighted by molar-refractivity contribution is -0.142. The Morgan fingerprint density at radius 2 is 2.16 bits per heavy atom. The number of methoxy groups -OCH3 is 1. The summed E-state index contributed by atoms with van der Waals surface area (Å²) >= 11 is 1.28. The van der Waals surface area contributed by atoms with Gasteiger partial charge in [-0.1, -0.05) is 27.7 Å². The predicted octanol–water partition coefficient (Wildman–Crippen LogP) is 3.23. The largest absolute Gasteiger partial charge is 0.469 e. The van der Waals surface area contributed by atoms with Crippen LogP contribution in [0.25, 0.3) is 0 Å². The molecule has 1 saturated heterocycles. The summed E-state index contributed by atoms with van der Waals surface area (Å²) in [5, 5.41) is 19.1. The molecule has 3 N–H and O–H groups in total. The second-order valence-electron chi connectivity index (χ2n) is 7.80. The van der Waals surface area contributed by atoms with E-state index < -0.39 is 37.9 Å². The number of hydrogen-bond acceptors (Lipinski definition) is 11. The van der Waals surface area contributed by atoms with Gasteiger partial charge in [0.05, 0.1) is 31.3 Å². The fourth-order valence-electron chi connectivity index (χ4n) is 2.65. The molecule has 174 valence electrons. The maximum Gasteiger partial charge on any atom is 0.356 e. The molecule has 11 nitrogen and oxygen atoms in total. The third-order valence-electron chi connectivity index (χ3n) is 4.43. The average molecular weight is 476 g/mol. The zero-order valence-corrected chi connectivity index (χ0v) is 19.9. The van der Waals surface area contributed by atoms with Crippen molar-refractivity contribution in [2.24, 2.45) is 5.41 Å². The summed E-state index contributed by atoms with van der Waals surface area (Å²) in [6, 6.07) is 0. The molecule has 1 amide bonds. The first-order valence-corrected chi connectivity index (χ1v) is 12.0. The van der Waals surface area contributed by atoms with Crippen LogP contribution in [-0.4, -0.2) is 55.9 Å². The minimum atomic E-state index is -3.61. The van der Waals surface area contributed by atoms with Crippen molar-refractivity contribution in [1.29, 1.82) is 10.6 Å². The summed E-state index contributed by atoms with van der Waals surface area (Å²) in [5.74, 6) is -0.907. The fourth-order valence-corrected chi connectivity index (χ4v) is 5.04. The van der Waals surface area contributed by atoms with Gasteiger partial charge in [0.1, 0.15) is 4.88 Å². The summed E-state index contributed by atoms with van der Waals surface area (Å²) in [4.78, 5) is 28.6. The van der Waals surface area contributed by atoms with E-state index in [9.17, 15) is 9.59 Å². The van der Waals surface area contributed by atoms with Crippen molar-refractivity contribution in [1.82, 2.24) is 10.3 Å². The number of ether oxygens (including phenoxy) is 2. The highest BCUT2D eigenvalue weighted by molar-refractivity contribution is 7.49. The summed E-state index contributed by atoms with van der Waals surface area (Å²) in [6.45, 7) is 7.17. The molecule has 0 bridgehead atoms. The Morgan fingerprint density at radius 1 is 1.45 bits per heavy atom. The molecule has 2 heterocycles. The lowest BCUT2D eigenvalue weighted by Gasteiger charge is -2.41. The monoisotopic (exact) mass is 476 g/mol. The minimum absolute atomic E-state index is 0.0233. The van der Waals surface area contributed by atoms with Gasteiger partial charge in [-0.3, -0.25) is 24.0 Å². The number of rotatable bonds is 9. The highest BCUT2D eigenvalue weighted by Gasteiger charge is 2.47. The fraction of sp³-hybridized carbons (Fsp3) is 0.667. The molecule has 0 radical (unpaired) electrons. The van der Waals surface area contributed by atoms with Gasteiger partial charge in [0.2, 0.25) is 18.6 Å². The Balaban J connectivity index is 1.93. The van der Waals surface area contributed by atoms with E-state index in [4.69, 9.17) is 28.9 Å². The van der Waals surface area contributed by atoms with Gasteiger partial charge in [0.15, 0.2) is 6.10 Å². The molecule has 0 spiro atoms. The van der Waals surface area contributed by atoms with Crippen molar-refractivity contribution < 1.29 is 32.6 Å². The molecule has 31 heavy (non-hydrogen) atoms. The molecule has 0 saturated carbocycles. The van der Waals surface area contributed by atoms with E-state index in [1.807, 2.05) is 13.8 Å². The van der Waals surface area contributed by atoms with Gasteiger partial charge in [-0.05, 0) is 5.92 Å². The van der Waals surface area contributed by atoms with Crippen molar-refractivity contribution in [3.63, 3.8) is 0 Å². The number of thiazole rings is 1. The smallest absolute Gasteiger partial charge is 0.356 e. The SMILES string of the molecule is COC(=O)CCNC(=O)[C@@H]1O[P@@](=N)(OCOC(=N)c2scnc2C(C)C)OCC1(C)C. The lowest BCUT2D eigenvalue weighted by Crippen LogP contribution is -2.50. The van der Waals surface area contributed by atoms with Crippen LogP contribution >= 0.6 is 19.1 Å². The van der Waals surface area contributed by atoms with Crippen molar-refractivity contribution in [2.75, 3.05) is 27.1 Å². The Labute approximate surface area is 185 Å². The van der Waals surface area contributed by atoms with Crippen LogP contribution < -0.4 is 5.32 Å². The van der Waals surface area contributed by atoms with Crippen LogP contribution in [0.3, 0.4) is 0 Å². The molecule has 1 aliphatic rings. The molecule has 2 rings (SSSR count). The van der Waals surface area contributed by atoms with E-state index >= 15 is 0 Å². The van der Waals surface area contributed by atoms with Crippen molar-refractivity contribution in [3.05, 3.63) is 16.1 Å². The molecular weight excluding hydrogens is 447 g/mol. The predicted molar refractivity (Wildman–Crippen MR) is 114 cm³/mol. The standard InChI is InChI=1S/C18H29N4O7PS/c1-11(2)13-14(31-9-22-13)16(19)26-10-28-30(20)27-8-18(3,4)15(29-30)17(24)21-7-6-12(23)25-5/h9,11,15,19-20H,6-8,10H2,1-5H3,(H,21,24)/t15-,30+/m0/s1. The number of carbonyl (C=O) groups excluding carboxylic acids is 2. The van der Waals surface area contributed by atoms with Crippen LogP contribution in [0.15, 0.2) is 5.51 Å². The number of hydrogen-bond donors (Lipinski definition) is 3. The van der Waals surface area contributed by atoms with E-state index in [-0.39, 0.29) is 31.4 Å². The Hall–Kier alpha value is -1.85. The summed E-state index contributed by atoms with van der Waals surface area (Å²) in [7, 11) is -2.34. The maximum absolute atomic E-state index is 12.6. The van der Waals surface area contributed by atoms with Crippen molar-refractivity contribution >= 4 is 36.8 Å². The van der Waals surface area contributed by atoms with Gasteiger partial charge >= 0.3 is 13.7 Å². The molecule has 1 aliphatic heterocycles. The van der Waals surface area contributed by atoms with Crippen LogP contribution in [0.5, 0.6) is 0 Å². The first-order chi connectivity index (χ1) is 14.5. The highest BCUT2D eigenvalue weighted by atomic mass is 32.1.